The van der Waals surface area contributed by atoms with Crippen LogP contribution in [0.5, 0.6) is 0 Å². The number of hydrogen-bond donors (Lipinski definition) is 1. The number of rotatable bonds is 2. The van der Waals surface area contributed by atoms with Crippen LogP contribution in [0, 0.1) is 12.8 Å². The molecule has 0 saturated carbocycles. The van der Waals surface area contributed by atoms with E-state index in [0.717, 1.165) is 29.4 Å². The molecule has 0 bridgehead atoms. The standard InChI is InChI=1S/C18H21N3O2/c1-11-9-15(14-5-3-4-6-16(14)20-11)18(23)21-10-13(17(19)22)8-7-12(21)2/h3-6,9,12-13H,7-8,10H2,1-2H3,(H2,19,22)/t12-,13-/m0/s1. The molecule has 2 heterocycles. The number of carbonyl (C=O) groups is 2. The first kappa shape index (κ1) is 15.5. The number of piperidine rings is 1. The molecule has 1 saturated heterocycles. The van der Waals surface area contributed by atoms with E-state index in [-0.39, 0.29) is 23.8 Å². The number of aryl methyl sites for hydroxylation is 1. The zero-order valence-electron chi connectivity index (χ0n) is 13.5. The predicted molar refractivity (Wildman–Crippen MR) is 88.9 cm³/mol. The molecular formula is C18H21N3O2. The van der Waals surface area contributed by atoms with E-state index >= 15 is 0 Å². The van der Waals surface area contributed by atoms with E-state index in [2.05, 4.69) is 4.98 Å². The van der Waals surface area contributed by atoms with Crippen LogP contribution in [-0.4, -0.2) is 34.3 Å². The minimum Gasteiger partial charge on any atom is -0.369 e. The molecule has 2 N–H and O–H groups in total. The molecule has 0 radical (unpaired) electrons. The zero-order valence-corrected chi connectivity index (χ0v) is 13.5. The van der Waals surface area contributed by atoms with Crippen LogP contribution >= 0.6 is 0 Å². The highest BCUT2D eigenvalue weighted by Gasteiger charge is 2.32. The zero-order chi connectivity index (χ0) is 16.6. The maximum atomic E-state index is 13.1. The van der Waals surface area contributed by atoms with Gasteiger partial charge in [0.25, 0.3) is 5.91 Å². The summed E-state index contributed by atoms with van der Waals surface area (Å²) in [6, 6.07) is 9.56. The highest BCUT2D eigenvalue weighted by atomic mass is 16.2. The number of pyridine rings is 1. The summed E-state index contributed by atoms with van der Waals surface area (Å²) in [6.07, 6.45) is 1.54. The van der Waals surface area contributed by atoms with Crippen molar-refractivity contribution < 1.29 is 9.59 Å². The lowest BCUT2D eigenvalue weighted by molar-refractivity contribution is -0.123. The molecule has 2 aromatic rings. The lowest BCUT2D eigenvalue weighted by atomic mass is 9.92. The number of nitrogens with two attached hydrogens (primary N) is 1. The third-order valence-corrected chi connectivity index (χ3v) is 4.62. The van der Waals surface area contributed by atoms with Crippen LogP contribution in [0.2, 0.25) is 0 Å². The maximum Gasteiger partial charge on any atom is 0.254 e. The fraction of sp³-hybridized carbons (Fsp3) is 0.389. The second kappa shape index (κ2) is 5.99. The Bertz CT molecular complexity index is 772. The van der Waals surface area contributed by atoms with Gasteiger partial charge in [0.2, 0.25) is 5.91 Å². The molecule has 3 rings (SSSR count). The van der Waals surface area contributed by atoms with E-state index in [0.29, 0.717) is 12.1 Å². The molecule has 1 aromatic carbocycles. The van der Waals surface area contributed by atoms with E-state index in [1.807, 2.05) is 44.2 Å². The van der Waals surface area contributed by atoms with Crippen molar-refractivity contribution in [2.45, 2.75) is 32.7 Å². The van der Waals surface area contributed by atoms with Crippen LogP contribution in [0.15, 0.2) is 30.3 Å². The lowest BCUT2D eigenvalue weighted by Crippen LogP contribution is -2.48. The number of hydrogen-bond acceptors (Lipinski definition) is 3. The van der Waals surface area contributed by atoms with E-state index in [1.54, 1.807) is 4.90 Å². The van der Waals surface area contributed by atoms with Gasteiger partial charge in [0.15, 0.2) is 0 Å². The van der Waals surface area contributed by atoms with Gasteiger partial charge in [-0.2, -0.15) is 0 Å². The van der Waals surface area contributed by atoms with Crippen molar-refractivity contribution in [3.63, 3.8) is 0 Å². The number of fused-ring (bicyclic) bond motifs is 1. The summed E-state index contributed by atoms with van der Waals surface area (Å²) in [6.45, 7) is 4.30. The van der Waals surface area contributed by atoms with Gasteiger partial charge in [0.05, 0.1) is 17.0 Å². The summed E-state index contributed by atoms with van der Waals surface area (Å²) in [5.41, 5.74) is 7.71. The second-order valence-electron chi connectivity index (χ2n) is 6.31. The minimum atomic E-state index is -0.328. The van der Waals surface area contributed by atoms with Crippen molar-refractivity contribution in [2.75, 3.05) is 6.54 Å². The van der Waals surface area contributed by atoms with Crippen molar-refractivity contribution in [2.24, 2.45) is 11.7 Å². The monoisotopic (exact) mass is 311 g/mol. The summed E-state index contributed by atoms with van der Waals surface area (Å²) < 4.78 is 0. The van der Waals surface area contributed by atoms with Gasteiger partial charge in [-0.15, -0.1) is 0 Å². The third kappa shape index (κ3) is 2.91. The Hall–Kier alpha value is -2.43. The number of primary amides is 1. The minimum absolute atomic E-state index is 0.0508. The van der Waals surface area contributed by atoms with Gasteiger partial charge < -0.3 is 10.6 Å². The van der Waals surface area contributed by atoms with Crippen molar-refractivity contribution in [1.29, 1.82) is 0 Å². The molecule has 1 aliphatic heterocycles. The van der Waals surface area contributed by atoms with Crippen molar-refractivity contribution in [3.8, 4) is 0 Å². The van der Waals surface area contributed by atoms with Crippen LogP contribution in [0.3, 0.4) is 0 Å². The number of benzene rings is 1. The molecule has 5 heteroatoms. The number of carbonyl (C=O) groups excluding carboxylic acids is 2. The van der Waals surface area contributed by atoms with Crippen LogP contribution in [-0.2, 0) is 4.79 Å². The number of amides is 2. The maximum absolute atomic E-state index is 13.1. The van der Waals surface area contributed by atoms with Gasteiger partial charge >= 0.3 is 0 Å². The third-order valence-electron chi connectivity index (χ3n) is 4.62. The molecule has 23 heavy (non-hydrogen) atoms. The van der Waals surface area contributed by atoms with Gasteiger partial charge in [0, 0.05) is 23.7 Å². The van der Waals surface area contributed by atoms with Crippen molar-refractivity contribution >= 4 is 22.7 Å². The average molecular weight is 311 g/mol. The Kier molecular flexibility index (Phi) is 4.03. The molecule has 120 valence electrons. The fourth-order valence-electron chi connectivity index (χ4n) is 3.26. The quantitative estimate of drug-likeness (QED) is 0.924. The molecular weight excluding hydrogens is 290 g/mol. The Balaban J connectivity index is 2.01. The van der Waals surface area contributed by atoms with Crippen LogP contribution in [0.1, 0.15) is 35.8 Å². The summed E-state index contributed by atoms with van der Waals surface area (Å²) in [5.74, 6) is -0.639. The Morgan fingerprint density at radius 3 is 2.74 bits per heavy atom. The molecule has 0 spiro atoms. The van der Waals surface area contributed by atoms with Crippen LogP contribution in [0.4, 0.5) is 0 Å². The second-order valence-corrected chi connectivity index (χ2v) is 6.31. The highest BCUT2D eigenvalue weighted by molar-refractivity contribution is 6.06. The SMILES string of the molecule is Cc1cc(C(=O)N2C[C@@H](C(N)=O)CC[C@@H]2C)c2ccccc2n1. The molecule has 2 amide bonds. The number of likely N-dealkylation sites (tertiary alicyclic amines) is 1. The molecule has 0 unspecified atom stereocenters. The van der Waals surface area contributed by atoms with E-state index in [4.69, 9.17) is 5.73 Å². The number of aromatic nitrogens is 1. The molecule has 1 aromatic heterocycles. The van der Waals surface area contributed by atoms with E-state index in [9.17, 15) is 9.59 Å². The fourth-order valence-corrected chi connectivity index (χ4v) is 3.26. The number of para-hydroxylation sites is 1. The normalized spacial score (nSPS) is 21.4. The number of nitrogens with zero attached hydrogens (tertiary/aromatic N) is 2. The first-order valence-corrected chi connectivity index (χ1v) is 7.94. The Morgan fingerprint density at radius 1 is 1.26 bits per heavy atom. The van der Waals surface area contributed by atoms with Gasteiger partial charge in [0.1, 0.15) is 0 Å². The van der Waals surface area contributed by atoms with Gasteiger partial charge in [-0.25, -0.2) is 0 Å². The molecule has 5 nitrogen and oxygen atoms in total. The first-order valence-electron chi connectivity index (χ1n) is 7.94. The summed E-state index contributed by atoms with van der Waals surface area (Å²) in [5, 5.41) is 0.844. The van der Waals surface area contributed by atoms with Gasteiger partial charge in [-0.3, -0.25) is 14.6 Å². The first-order chi connectivity index (χ1) is 11.0. The average Bonchev–Trinajstić information content (AvgIpc) is 2.53. The summed E-state index contributed by atoms with van der Waals surface area (Å²) in [4.78, 5) is 30.9. The topological polar surface area (TPSA) is 76.3 Å². The van der Waals surface area contributed by atoms with Crippen LogP contribution < -0.4 is 5.73 Å². The Labute approximate surface area is 135 Å². The summed E-state index contributed by atoms with van der Waals surface area (Å²) >= 11 is 0. The van der Waals surface area contributed by atoms with Crippen molar-refractivity contribution in [3.05, 3.63) is 41.6 Å². The van der Waals surface area contributed by atoms with E-state index in [1.165, 1.54) is 0 Å². The lowest BCUT2D eigenvalue weighted by Gasteiger charge is -2.37. The smallest absolute Gasteiger partial charge is 0.254 e. The van der Waals surface area contributed by atoms with E-state index < -0.39 is 0 Å². The van der Waals surface area contributed by atoms with Gasteiger partial charge in [-0.1, -0.05) is 18.2 Å². The van der Waals surface area contributed by atoms with Gasteiger partial charge in [-0.05, 0) is 38.8 Å². The summed E-state index contributed by atoms with van der Waals surface area (Å²) in [7, 11) is 0. The van der Waals surface area contributed by atoms with Crippen LogP contribution in [0.25, 0.3) is 10.9 Å². The van der Waals surface area contributed by atoms with Crippen molar-refractivity contribution in [1.82, 2.24) is 9.88 Å². The Morgan fingerprint density at radius 2 is 2.00 bits per heavy atom. The highest BCUT2D eigenvalue weighted by Crippen LogP contribution is 2.26. The largest absolute Gasteiger partial charge is 0.369 e. The molecule has 1 fully saturated rings. The molecule has 2 atom stereocenters. The molecule has 1 aliphatic rings. The molecule has 0 aliphatic carbocycles. The predicted octanol–water partition coefficient (Wildman–Crippen LogP) is 2.27.